The van der Waals surface area contributed by atoms with Crippen molar-refractivity contribution >= 4 is 23.1 Å². The Morgan fingerprint density at radius 2 is 1.78 bits per heavy atom. The van der Waals surface area contributed by atoms with Crippen molar-refractivity contribution in [1.82, 2.24) is 9.80 Å². The highest BCUT2D eigenvalue weighted by Gasteiger charge is 2.46. The summed E-state index contributed by atoms with van der Waals surface area (Å²) in [5.41, 5.74) is 3.47. The molecule has 0 bridgehead atoms. The third-order valence-electron chi connectivity index (χ3n) is 7.41. The topological polar surface area (TPSA) is 82.5 Å². The second-order valence-electron chi connectivity index (χ2n) is 10.2. The van der Waals surface area contributed by atoms with Crippen LogP contribution < -0.4 is 9.64 Å². The lowest BCUT2D eigenvalue weighted by Crippen LogP contribution is -2.38. The number of nitrogens with zero attached hydrogens (tertiary/aromatic N) is 3. The number of morpholine rings is 1. The number of fused-ring (bicyclic) bond motifs is 1. The van der Waals surface area contributed by atoms with Crippen LogP contribution in [0.15, 0.2) is 48.0 Å². The Labute approximate surface area is 218 Å². The van der Waals surface area contributed by atoms with Gasteiger partial charge in [-0.2, -0.15) is 0 Å². The summed E-state index contributed by atoms with van der Waals surface area (Å²) >= 11 is 0. The van der Waals surface area contributed by atoms with Crippen molar-refractivity contribution in [2.24, 2.45) is 0 Å². The Balaban J connectivity index is 1.49. The first-order chi connectivity index (χ1) is 17.8. The van der Waals surface area contributed by atoms with Crippen molar-refractivity contribution in [3.63, 3.8) is 0 Å². The first-order valence-electron chi connectivity index (χ1n) is 13.0. The fraction of sp³-hybridized carbons (Fsp3) is 0.448. The molecule has 2 fully saturated rings. The standard InChI is InChI=1S/C29H35N3O5/c1-19-17-22-18-21(7-10-24(22)37-19)27(33)25-26(20-5-8-23(9-6-20)30(2)3)32(29(35)28(25)34)12-4-11-31-13-15-36-16-14-31/h5-10,18-19,26,33H,4,11-17H2,1-3H3/b27-25-. The van der Waals surface area contributed by atoms with Gasteiger partial charge >= 0.3 is 0 Å². The second-order valence-corrected chi connectivity index (χ2v) is 10.2. The molecule has 2 atom stereocenters. The summed E-state index contributed by atoms with van der Waals surface area (Å²) in [6, 6.07) is 12.6. The first-order valence-corrected chi connectivity index (χ1v) is 13.0. The summed E-state index contributed by atoms with van der Waals surface area (Å²) in [5.74, 6) is -0.555. The van der Waals surface area contributed by atoms with Gasteiger partial charge in [0, 0.05) is 57.9 Å². The number of carbonyl (C=O) groups is 2. The lowest BCUT2D eigenvalue weighted by molar-refractivity contribution is -0.140. The molecule has 2 saturated heterocycles. The fourth-order valence-electron chi connectivity index (χ4n) is 5.43. The van der Waals surface area contributed by atoms with E-state index in [-0.39, 0.29) is 17.4 Å². The molecule has 1 N–H and O–H groups in total. The highest BCUT2D eigenvalue weighted by atomic mass is 16.5. The Morgan fingerprint density at radius 1 is 1.05 bits per heavy atom. The number of hydrogen-bond acceptors (Lipinski definition) is 7. The number of anilines is 1. The maximum absolute atomic E-state index is 13.4. The van der Waals surface area contributed by atoms with Crippen LogP contribution in [0.1, 0.15) is 36.1 Å². The van der Waals surface area contributed by atoms with Crippen molar-refractivity contribution < 1.29 is 24.2 Å². The number of rotatable bonds is 7. The minimum Gasteiger partial charge on any atom is -0.507 e. The van der Waals surface area contributed by atoms with Crippen molar-refractivity contribution in [2.75, 3.05) is 58.4 Å². The number of likely N-dealkylation sites (tertiary alicyclic amines) is 1. The van der Waals surface area contributed by atoms with Crippen LogP contribution in [0, 0.1) is 0 Å². The Kier molecular flexibility index (Phi) is 7.22. The molecule has 8 nitrogen and oxygen atoms in total. The van der Waals surface area contributed by atoms with Gasteiger partial charge < -0.3 is 24.4 Å². The Hall–Kier alpha value is -3.36. The molecule has 196 valence electrons. The minimum atomic E-state index is -0.649. The molecule has 8 heteroatoms. The maximum Gasteiger partial charge on any atom is 0.295 e. The molecule has 0 saturated carbocycles. The van der Waals surface area contributed by atoms with Crippen LogP contribution in [0.5, 0.6) is 5.75 Å². The molecular formula is C29H35N3O5. The van der Waals surface area contributed by atoms with Crippen LogP contribution in [0.3, 0.4) is 0 Å². The summed E-state index contributed by atoms with van der Waals surface area (Å²) < 4.78 is 11.2. The largest absolute Gasteiger partial charge is 0.507 e. The van der Waals surface area contributed by atoms with Gasteiger partial charge in [-0.3, -0.25) is 14.5 Å². The van der Waals surface area contributed by atoms with E-state index in [1.54, 1.807) is 11.0 Å². The lowest BCUT2D eigenvalue weighted by atomic mass is 9.94. The molecule has 2 unspecified atom stereocenters. The smallest absolute Gasteiger partial charge is 0.295 e. The van der Waals surface area contributed by atoms with E-state index in [1.807, 2.05) is 62.3 Å². The highest BCUT2D eigenvalue weighted by molar-refractivity contribution is 6.46. The minimum absolute atomic E-state index is 0.0691. The van der Waals surface area contributed by atoms with Crippen molar-refractivity contribution in [3.05, 3.63) is 64.7 Å². The predicted molar refractivity (Wildman–Crippen MR) is 142 cm³/mol. The molecule has 3 heterocycles. The number of Topliss-reactive ketones (excluding diaryl/α,β-unsaturated/α-hetero) is 1. The molecule has 2 aromatic rings. The molecule has 3 aliphatic heterocycles. The van der Waals surface area contributed by atoms with Gasteiger partial charge in [-0.25, -0.2) is 0 Å². The van der Waals surface area contributed by atoms with E-state index in [0.29, 0.717) is 25.3 Å². The molecule has 0 radical (unpaired) electrons. The number of benzene rings is 2. The van der Waals surface area contributed by atoms with Gasteiger partial charge in [0.25, 0.3) is 11.7 Å². The zero-order valence-corrected chi connectivity index (χ0v) is 21.8. The Bertz CT molecular complexity index is 1200. The van der Waals surface area contributed by atoms with E-state index in [0.717, 1.165) is 55.0 Å². The summed E-state index contributed by atoms with van der Waals surface area (Å²) in [5, 5.41) is 11.4. The van der Waals surface area contributed by atoms with Crippen molar-refractivity contribution in [3.8, 4) is 5.75 Å². The van der Waals surface area contributed by atoms with Crippen LogP contribution in [0.4, 0.5) is 5.69 Å². The number of ketones is 1. The van der Waals surface area contributed by atoms with Crippen LogP contribution in [-0.2, 0) is 20.7 Å². The van der Waals surface area contributed by atoms with E-state index >= 15 is 0 Å². The first kappa shape index (κ1) is 25.3. The average molecular weight is 506 g/mol. The van der Waals surface area contributed by atoms with Gasteiger partial charge in [0.1, 0.15) is 17.6 Å². The van der Waals surface area contributed by atoms with Gasteiger partial charge in [-0.1, -0.05) is 12.1 Å². The Morgan fingerprint density at radius 3 is 2.49 bits per heavy atom. The number of aliphatic hydroxyl groups excluding tert-OH is 1. The SMILES string of the molecule is CC1Cc2cc(/C(O)=C3/C(=O)C(=O)N(CCCN4CCOCC4)C3c3ccc(N(C)C)cc3)ccc2O1. The lowest BCUT2D eigenvalue weighted by Gasteiger charge is -2.29. The molecule has 2 aromatic carbocycles. The number of amides is 1. The molecule has 37 heavy (non-hydrogen) atoms. The van der Waals surface area contributed by atoms with Gasteiger partial charge in [-0.15, -0.1) is 0 Å². The molecule has 5 rings (SSSR count). The molecule has 3 aliphatic rings. The van der Waals surface area contributed by atoms with Gasteiger partial charge in [-0.05, 0) is 54.8 Å². The third kappa shape index (κ3) is 5.08. The van der Waals surface area contributed by atoms with E-state index < -0.39 is 17.7 Å². The van der Waals surface area contributed by atoms with E-state index in [1.165, 1.54) is 0 Å². The summed E-state index contributed by atoms with van der Waals surface area (Å²) in [4.78, 5) is 32.6. The zero-order valence-electron chi connectivity index (χ0n) is 21.8. The van der Waals surface area contributed by atoms with E-state index in [2.05, 4.69) is 4.90 Å². The van der Waals surface area contributed by atoms with Crippen LogP contribution in [0.2, 0.25) is 0 Å². The normalized spacial score (nSPS) is 23.3. The average Bonchev–Trinajstić information content (AvgIpc) is 3.40. The van der Waals surface area contributed by atoms with Crippen molar-refractivity contribution in [2.45, 2.75) is 31.9 Å². The molecule has 1 amide bonds. The zero-order chi connectivity index (χ0) is 26.1. The molecule has 0 aliphatic carbocycles. The molecule has 0 spiro atoms. The predicted octanol–water partition coefficient (Wildman–Crippen LogP) is 3.22. The second kappa shape index (κ2) is 10.6. The van der Waals surface area contributed by atoms with Gasteiger partial charge in [0.2, 0.25) is 0 Å². The summed E-state index contributed by atoms with van der Waals surface area (Å²) in [6.45, 7) is 6.42. The monoisotopic (exact) mass is 505 g/mol. The molecular weight excluding hydrogens is 470 g/mol. The summed E-state index contributed by atoms with van der Waals surface area (Å²) in [6.07, 6.45) is 1.54. The quantitative estimate of drug-likeness (QED) is 0.352. The highest BCUT2D eigenvalue weighted by Crippen LogP contribution is 2.41. The van der Waals surface area contributed by atoms with Crippen LogP contribution in [-0.4, -0.2) is 86.2 Å². The fourth-order valence-corrected chi connectivity index (χ4v) is 5.43. The van der Waals surface area contributed by atoms with E-state index in [9.17, 15) is 14.7 Å². The maximum atomic E-state index is 13.4. The van der Waals surface area contributed by atoms with E-state index in [4.69, 9.17) is 9.47 Å². The third-order valence-corrected chi connectivity index (χ3v) is 7.41. The number of hydrogen-bond donors (Lipinski definition) is 1. The van der Waals surface area contributed by atoms with Crippen LogP contribution in [0.25, 0.3) is 5.76 Å². The number of aliphatic hydroxyl groups is 1. The number of ether oxygens (including phenoxy) is 2. The number of carbonyl (C=O) groups excluding carboxylic acids is 2. The van der Waals surface area contributed by atoms with Gasteiger partial charge in [0.05, 0.1) is 24.8 Å². The summed E-state index contributed by atoms with van der Waals surface area (Å²) in [7, 11) is 3.93. The molecule has 0 aromatic heterocycles. The van der Waals surface area contributed by atoms with Crippen molar-refractivity contribution in [1.29, 1.82) is 0 Å². The van der Waals surface area contributed by atoms with Gasteiger partial charge in [0.15, 0.2) is 0 Å². The van der Waals surface area contributed by atoms with Crippen LogP contribution >= 0.6 is 0 Å².